The van der Waals surface area contributed by atoms with Crippen LogP contribution in [0.3, 0.4) is 0 Å². The second-order valence-corrected chi connectivity index (χ2v) is 6.62. The maximum atomic E-state index is 14.9. The van der Waals surface area contributed by atoms with E-state index in [4.69, 9.17) is 0 Å². The van der Waals surface area contributed by atoms with Gasteiger partial charge in [-0.05, 0) is 56.7 Å². The summed E-state index contributed by atoms with van der Waals surface area (Å²) in [6, 6.07) is 8.69. The lowest BCUT2D eigenvalue weighted by Gasteiger charge is -2.11. The van der Waals surface area contributed by atoms with E-state index in [0.29, 0.717) is 16.5 Å². The molecule has 1 aromatic heterocycles. The van der Waals surface area contributed by atoms with Crippen molar-refractivity contribution >= 4 is 21.8 Å². The van der Waals surface area contributed by atoms with Gasteiger partial charge in [-0.25, -0.2) is 17.6 Å². The van der Waals surface area contributed by atoms with Crippen molar-refractivity contribution in [3.05, 3.63) is 76.4 Å². The highest BCUT2D eigenvalue weighted by Gasteiger charge is 2.23. The third-order valence-corrected chi connectivity index (χ3v) is 4.71. The first kappa shape index (κ1) is 16.6. The van der Waals surface area contributed by atoms with Gasteiger partial charge in [-0.2, -0.15) is 0 Å². The zero-order chi connectivity index (χ0) is 18.7. The van der Waals surface area contributed by atoms with E-state index in [1.165, 1.54) is 23.6 Å². The van der Waals surface area contributed by atoms with Crippen molar-refractivity contribution in [2.45, 2.75) is 20.8 Å². The number of hydrogen-bond acceptors (Lipinski definition) is 0. The van der Waals surface area contributed by atoms with Crippen molar-refractivity contribution in [2.75, 3.05) is 0 Å². The number of aryl methyl sites for hydroxylation is 2. The van der Waals surface area contributed by atoms with Crippen LogP contribution in [-0.4, -0.2) is 4.57 Å². The minimum absolute atomic E-state index is 0.0906. The summed E-state index contributed by atoms with van der Waals surface area (Å²) < 4.78 is 59.6. The van der Waals surface area contributed by atoms with E-state index in [1.54, 1.807) is 25.1 Å². The predicted molar refractivity (Wildman–Crippen MR) is 94.8 cm³/mol. The first-order chi connectivity index (χ1) is 12.3. The van der Waals surface area contributed by atoms with E-state index in [2.05, 4.69) is 0 Å². The molecule has 26 heavy (non-hydrogen) atoms. The van der Waals surface area contributed by atoms with Crippen LogP contribution < -0.4 is 0 Å². The summed E-state index contributed by atoms with van der Waals surface area (Å²) in [5, 5.41) is 0.641. The van der Waals surface area contributed by atoms with Gasteiger partial charge in [-0.3, -0.25) is 0 Å². The minimum atomic E-state index is -0.789. The molecule has 0 aliphatic carbocycles. The highest BCUT2D eigenvalue weighted by atomic mass is 19.1. The number of halogens is 4. The van der Waals surface area contributed by atoms with E-state index < -0.39 is 23.3 Å². The quantitative estimate of drug-likeness (QED) is 0.354. The molecule has 0 fully saturated rings. The van der Waals surface area contributed by atoms with Gasteiger partial charge < -0.3 is 4.57 Å². The monoisotopic (exact) mass is 357 g/mol. The number of benzene rings is 3. The maximum absolute atomic E-state index is 14.9. The van der Waals surface area contributed by atoms with E-state index in [9.17, 15) is 17.6 Å². The summed E-state index contributed by atoms with van der Waals surface area (Å²) in [5.41, 5.74) is 1.32. The molecule has 0 saturated heterocycles. The molecule has 5 heteroatoms. The maximum Gasteiger partial charge on any atom is 0.150 e. The summed E-state index contributed by atoms with van der Waals surface area (Å²) in [6.07, 6.45) is 0. The Hall–Kier alpha value is -2.82. The summed E-state index contributed by atoms with van der Waals surface area (Å²) in [5.74, 6) is -3.06. The first-order valence-electron chi connectivity index (χ1n) is 8.15. The fraction of sp³-hybridized carbons (Fsp3) is 0.143. The van der Waals surface area contributed by atoms with Gasteiger partial charge >= 0.3 is 0 Å². The van der Waals surface area contributed by atoms with Gasteiger partial charge in [0.2, 0.25) is 0 Å². The highest BCUT2D eigenvalue weighted by molar-refractivity contribution is 6.10. The molecule has 0 bridgehead atoms. The highest BCUT2D eigenvalue weighted by Crippen LogP contribution is 2.37. The smallest absolute Gasteiger partial charge is 0.150 e. The van der Waals surface area contributed by atoms with Crippen LogP contribution in [0.2, 0.25) is 0 Å². The van der Waals surface area contributed by atoms with Gasteiger partial charge in [-0.15, -0.1) is 0 Å². The van der Waals surface area contributed by atoms with Crippen molar-refractivity contribution in [3.63, 3.8) is 0 Å². The third kappa shape index (κ3) is 2.23. The van der Waals surface area contributed by atoms with Crippen molar-refractivity contribution < 1.29 is 17.6 Å². The lowest BCUT2D eigenvalue weighted by atomic mass is 10.1. The van der Waals surface area contributed by atoms with Crippen molar-refractivity contribution in [1.82, 2.24) is 4.57 Å². The fourth-order valence-corrected chi connectivity index (χ4v) is 3.46. The Balaban J connectivity index is 2.29. The first-order valence-corrected chi connectivity index (χ1v) is 8.15. The van der Waals surface area contributed by atoms with Gasteiger partial charge in [0.05, 0.1) is 11.0 Å². The van der Waals surface area contributed by atoms with Crippen LogP contribution in [0.1, 0.15) is 16.7 Å². The largest absolute Gasteiger partial charge is 0.304 e. The average molecular weight is 357 g/mol. The normalized spacial score (nSPS) is 11.7. The summed E-state index contributed by atoms with van der Waals surface area (Å²) in [4.78, 5) is 0. The topological polar surface area (TPSA) is 4.93 Å². The lowest BCUT2D eigenvalue weighted by Crippen LogP contribution is -2.03. The van der Waals surface area contributed by atoms with E-state index in [0.717, 1.165) is 11.6 Å². The molecule has 0 unspecified atom stereocenters. The molecule has 3 aromatic carbocycles. The molecule has 4 rings (SSSR count). The molecule has 1 heterocycles. The molecular weight excluding hydrogens is 342 g/mol. The molecule has 0 radical (unpaired) electrons. The SMILES string of the molecule is Cc1cc(F)c(-n2c3ccc(C)cc3c3c(F)c(C)c(F)cc32)c(F)c1. The van der Waals surface area contributed by atoms with Gasteiger partial charge in [0.25, 0.3) is 0 Å². The van der Waals surface area contributed by atoms with Crippen LogP contribution in [0.15, 0.2) is 36.4 Å². The Morgan fingerprint density at radius 2 is 1.35 bits per heavy atom. The molecule has 132 valence electrons. The minimum Gasteiger partial charge on any atom is -0.304 e. The van der Waals surface area contributed by atoms with Gasteiger partial charge in [0.1, 0.15) is 29.0 Å². The van der Waals surface area contributed by atoms with Crippen LogP contribution in [-0.2, 0) is 0 Å². The Morgan fingerprint density at radius 1 is 0.692 bits per heavy atom. The third-order valence-electron chi connectivity index (χ3n) is 4.71. The Kier molecular flexibility index (Phi) is 3.58. The molecule has 0 spiro atoms. The fourth-order valence-electron chi connectivity index (χ4n) is 3.46. The number of hydrogen-bond donors (Lipinski definition) is 0. The number of nitrogens with zero attached hydrogens (tertiary/aromatic N) is 1. The van der Waals surface area contributed by atoms with Crippen LogP contribution in [0.5, 0.6) is 0 Å². The summed E-state index contributed by atoms with van der Waals surface area (Å²) >= 11 is 0. The van der Waals surface area contributed by atoms with Gasteiger partial charge in [0, 0.05) is 16.3 Å². The van der Waals surface area contributed by atoms with Crippen molar-refractivity contribution in [1.29, 1.82) is 0 Å². The van der Waals surface area contributed by atoms with E-state index >= 15 is 0 Å². The predicted octanol–water partition coefficient (Wildman–Crippen LogP) is 6.27. The molecular formula is C21H15F4N. The Labute approximate surface area is 147 Å². The van der Waals surface area contributed by atoms with Crippen LogP contribution >= 0.6 is 0 Å². The molecule has 0 aliphatic heterocycles. The molecule has 0 atom stereocenters. The zero-order valence-corrected chi connectivity index (χ0v) is 14.4. The standard InChI is InChI=1S/C21H15F4N/c1-10-4-5-17-13(6-10)19-18(9-14(22)12(3)20(19)25)26(17)21-15(23)7-11(2)8-16(21)24/h4-9H,1-3H3. The zero-order valence-electron chi connectivity index (χ0n) is 14.4. The number of fused-ring (bicyclic) bond motifs is 3. The van der Waals surface area contributed by atoms with E-state index in [-0.39, 0.29) is 22.2 Å². The molecule has 0 saturated carbocycles. The molecule has 1 nitrogen and oxygen atoms in total. The lowest BCUT2D eigenvalue weighted by molar-refractivity contribution is 0.568. The molecule has 4 aromatic rings. The van der Waals surface area contributed by atoms with Gasteiger partial charge in [0.15, 0.2) is 0 Å². The van der Waals surface area contributed by atoms with Crippen molar-refractivity contribution in [3.8, 4) is 5.69 Å². The van der Waals surface area contributed by atoms with Crippen LogP contribution in [0, 0.1) is 44.0 Å². The summed E-state index contributed by atoms with van der Waals surface area (Å²) in [6.45, 7) is 4.76. The number of aromatic nitrogens is 1. The molecule has 0 aliphatic rings. The van der Waals surface area contributed by atoms with Crippen LogP contribution in [0.25, 0.3) is 27.5 Å². The Bertz CT molecular complexity index is 1180. The second-order valence-electron chi connectivity index (χ2n) is 6.62. The van der Waals surface area contributed by atoms with Crippen molar-refractivity contribution in [2.24, 2.45) is 0 Å². The Morgan fingerprint density at radius 3 is 2.00 bits per heavy atom. The average Bonchev–Trinajstić information content (AvgIpc) is 2.85. The van der Waals surface area contributed by atoms with Crippen LogP contribution in [0.4, 0.5) is 17.6 Å². The molecule has 0 amide bonds. The van der Waals surface area contributed by atoms with Gasteiger partial charge in [-0.1, -0.05) is 11.6 Å². The van der Waals surface area contributed by atoms with E-state index in [1.807, 2.05) is 6.92 Å². The number of rotatable bonds is 1. The molecule has 0 N–H and O–H groups in total. The second kappa shape index (κ2) is 5.59. The summed E-state index contributed by atoms with van der Waals surface area (Å²) in [7, 11) is 0.